The Kier molecular flexibility index (Phi) is 3.09. The third-order valence-corrected chi connectivity index (χ3v) is 4.41. The van der Waals surface area contributed by atoms with E-state index in [0.717, 1.165) is 37.6 Å². The van der Waals surface area contributed by atoms with E-state index < -0.39 is 0 Å². The molecule has 1 aromatic heterocycles. The van der Waals surface area contributed by atoms with E-state index in [1.165, 1.54) is 0 Å². The Morgan fingerprint density at radius 3 is 2.79 bits per heavy atom. The molecule has 2 heterocycles. The molecule has 2 aliphatic rings. The Balaban J connectivity index is 1.84. The standard InChI is InChI=1S/C14H22N4O/c1-8(2)14-16-12(15)5-13(17-14)18-6-9-3-4-11(19)10(9)7-18/h5,8-11,19H,3-4,6-7H2,1-2H3,(H2,15,16,17). The zero-order valence-corrected chi connectivity index (χ0v) is 11.6. The van der Waals surface area contributed by atoms with Gasteiger partial charge in [-0.2, -0.15) is 0 Å². The van der Waals surface area contributed by atoms with E-state index in [1.54, 1.807) is 0 Å². The molecule has 1 saturated heterocycles. The summed E-state index contributed by atoms with van der Waals surface area (Å²) >= 11 is 0. The first-order valence-corrected chi connectivity index (χ1v) is 7.12. The van der Waals surface area contributed by atoms with Crippen molar-refractivity contribution in [2.24, 2.45) is 11.8 Å². The molecular weight excluding hydrogens is 240 g/mol. The van der Waals surface area contributed by atoms with Gasteiger partial charge in [0.1, 0.15) is 17.5 Å². The highest BCUT2D eigenvalue weighted by atomic mass is 16.3. The fraction of sp³-hybridized carbons (Fsp3) is 0.714. The molecule has 0 aromatic carbocycles. The SMILES string of the molecule is CC(C)c1nc(N)cc(N2CC3CCC(O)C3C2)n1. The third kappa shape index (κ3) is 2.27. The van der Waals surface area contributed by atoms with Gasteiger partial charge in [-0.05, 0) is 18.8 Å². The zero-order valence-electron chi connectivity index (χ0n) is 11.6. The van der Waals surface area contributed by atoms with Crippen LogP contribution in [0.3, 0.4) is 0 Å². The van der Waals surface area contributed by atoms with Crippen molar-refractivity contribution < 1.29 is 5.11 Å². The number of aromatic nitrogens is 2. The second kappa shape index (κ2) is 4.63. The number of nitrogens with zero attached hydrogens (tertiary/aromatic N) is 3. The average molecular weight is 262 g/mol. The number of hydrogen-bond donors (Lipinski definition) is 2. The first-order valence-electron chi connectivity index (χ1n) is 7.12. The van der Waals surface area contributed by atoms with Gasteiger partial charge in [0.05, 0.1) is 6.10 Å². The molecule has 3 atom stereocenters. The van der Waals surface area contributed by atoms with Gasteiger partial charge in [-0.3, -0.25) is 0 Å². The van der Waals surface area contributed by atoms with Crippen LogP contribution in [-0.4, -0.2) is 34.3 Å². The van der Waals surface area contributed by atoms with Crippen LogP contribution < -0.4 is 10.6 Å². The zero-order chi connectivity index (χ0) is 13.6. The smallest absolute Gasteiger partial charge is 0.135 e. The lowest BCUT2D eigenvalue weighted by molar-refractivity contribution is 0.133. The van der Waals surface area contributed by atoms with Crippen molar-refractivity contribution in [1.82, 2.24) is 9.97 Å². The van der Waals surface area contributed by atoms with Crippen molar-refractivity contribution in [3.8, 4) is 0 Å². The second-order valence-electron chi connectivity index (χ2n) is 6.14. The second-order valence-corrected chi connectivity index (χ2v) is 6.14. The maximum absolute atomic E-state index is 9.98. The fourth-order valence-corrected chi connectivity index (χ4v) is 3.32. The summed E-state index contributed by atoms with van der Waals surface area (Å²) in [5.74, 6) is 3.53. The van der Waals surface area contributed by atoms with Gasteiger partial charge in [-0.1, -0.05) is 13.8 Å². The molecule has 0 bridgehead atoms. The van der Waals surface area contributed by atoms with E-state index in [2.05, 4.69) is 28.7 Å². The van der Waals surface area contributed by atoms with Gasteiger partial charge in [-0.25, -0.2) is 9.97 Å². The molecule has 0 radical (unpaired) electrons. The molecular formula is C14H22N4O. The predicted octanol–water partition coefficient (Wildman–Crippen LogP) is 1.39. The van der Waals surface area contributed by atoms with Gasteiger partial charge in [0.2, 0.25) is 0 Å². The van der Waals surface area contributed by atoms with Crippen molar-refractivity contribution in [2.75, 3.05) is 23.7 Å². The Labute approximate surface area is 113 Å². The molecule has 1 aliphatic heterocycles. The van der Waals surface area contributed by atoms with Crippen LogP contribution in [0.1, 0.15) is 38.4 Å². The van der Waals surface area contributed by atoms with Crippen molar-refractivity contribution >= 4 is 11.6 Å². The van der Waals surface area contributed by atoms with Crippen LogP contribution in [0.15, 0.2) is 6.07 Å². The molecule has 3 N–H and O–H groups in total. The lowest BCUT2D eigenvalue weighted by Gasteiger charge is -2.20. The predicted molar refractivity (Wildman–Crippen MR) is 75.0 cm³/mol. The van der Waals surface area contributed by atoms with E-state index in [9.17, 15) is 5.11 Å². The number of aliphatic hydroxyl groups excluding tert-OH is 1. The maximum atomic E-state index is 9.98. The largest absolute Gasteiger partial charge is 0.393 e. The summed E-state index contributed by atoms with van der Waals surface area (Å²) in [4.78, 5) is 11.2. The highest BCUT2D eigenvalue weighted by molar-refractivity contribution is 5.48. The normalized spacial score (nSPS) is 30.1. The number of aliphatic hydroxyl groups is 1. The highest BCUT2D eigenvalue weighted by Gasteiger charge is 2.42. The molecule has 1 saturated carbocycles. The van der Waals surface area contributed by atoms with Crippen molar-refractivity contribution in [1.29, 1.82) is 0 Å². The average Bonchev–Trinajstić information content (AvgIpc) is 2.91. The first kappa shape index (κ1) is 12.7. The van der Waals surface area contributed by atoms with Gasteiger partial charge in [0.15, 0.2) is 0 Å². The Morgan fingerprint density at radius 2 is 2.11 bits per heavy atom. The number of nitrogens with two attached hydrogens (primary N) is 1. The first-order chi connectivity index (χ1) is 9.04. The van der Waals surface area contributed by atoms with Crippen molar-refractivity contribution in [2.45, 2.75) is 38.7 Å². The van der Waals surface area contributed by atoms with Crippen LogP contribution in [0.5, 0.6) is 0 Å². The number of hydrogen-bond acceptors (Lipinski definition) is 5. The summed E-state index contributed by atoms with van der Waals surface area (Å²) in [6, 6.07) is 1.85. The Morgan fingerprint density at radius 1 is 1.32 bits per heavy atom. The van der Waals surface area contributed by atoms with Crippen LogP contribution >= 0.6 is 0 Å². The summed E-state index contributed by atoms with van der Waals surface area (Å²) in [5.41, 5.74) is 5.88. The summed E-state index contributed by atoms with van der Waals surface area (Å²) in [6.45, 7) is 6.01. The molecule has 1 aliphatic carbocycles. The van der Waals surface area contributed by atoms with Crippen LogP contribution in [0.2, 0.25) is 0 Å². The van der Waals surface area contributed by atoms with E-state index in [0.29, 0.717) is 17.7 Å². The van der Waals surface area contributed by atoms with Gasteiger partial charge in [0.25, 0.3) is 0 Å². The van der Waals surface area contributed by atoms with E-state index >= 15 is 0 Å². The van der Waals surface area contributed by atoms with E-state index in [1.807, 2.05) is 6.07 Å². The summed E-state index contributed by atoms with van der Waals surface area (Å²) < 4.78 is 0. The lowest BCUT2D eigenvalue weighted by atomic mass is 10.00. The summed E-state index contributed by atoms with van der Waals surface area (Å²) in [5, 5.41) is 9.98. The monoisotopic (exact) mass is 262 g/mol. The Hall–Kier alpha value is -1.36. The molecule has 1 aromatic rings. The third-order valence-electron chi connectivity index (χ3n) is 4.41. The molecule has 3 rings (SSSR count). The van der Waals surface area contributed by atoms with Crippen LogP contribution in [0, 0.1) is 11.8 Å². The van der Waals surface area contributed by atoms with Gasteiger partial charge in [-0.15, -0.1) is 0 Å². The number of nitrogen functional groups attached to an aromatic ring is 1. The summed E-state index contributed by atoms with van der Waals surface area (Å²) in [7, 11) is 0. The summed E-state index contributed by atoms with van der Waals surface area (Å²) in [6.07, 6.45) is 1.94. The van der Waals surface area contributed by atoms with E-state index in [4.69, 9.17) is 5.73 Å². The Bertz CT molecular complexity index is 477. The minimum absolute atomic E-state index is 0.140. The molecule has 3 unspecified atom stereocenters. The van der Waals surface area contributed by atoms with Crippen LogP contribution in [-0.2, 0) is 0 Å². The fourth-order valence-electron chi connectivity index (χ4n) is 3.32. The number of anilines is 2. The van der Waals surface area contributed by atoms with Gasteiger partial charge in [0, 0.05) is 31.0 Å². The lowest BCUT2D eigenvalue weighted by Crippen LogP contribution is -2.25. The minimum atomic E-state index is -0.140. The molecule has 19 heavy (non-hydrogen) atoms. The highest BCUT2D eigenvalue weighted by Crippen LogP contribution is 2.39. The van der Waals surface area contributed by atoms with Crippen molar-refractivity contribution in [3.05, 3.63) is 11.9 Å². The molecule has 0 amide bonds. The maximum Gasteiger partial charge on any atom is 0.135 e. The van der Waals surface area contributed by atoms with Crippen molar-refractivity contribution in [3.63, 3.8) is 0 Å². The number of rotatable bonds is 2. The topological polar surface area (TPSA) is 75.3 Å². The van der Waals surface area contributed by atoms with Crippen LogP contribution in [0.25, 0.3) is 0 Å². The van der Waals surface area contributed by atoms with E-state index in [-0.39, 0.29) is 12.0 Å². The minimum Gasteiger partial charge on any atom is -0.393 e. The number of fused-ring (bicyclic) bond motifs is 1. The molecule has 0 spiro atoms. The molecule has 5 heteroatoms. The quantitative estimate of drug-likeness (QED) is 0.842. The molecule has 104 valence electrons. The van der Waals surface area contributed by atoms with Crippen LogP contribution in [0.4, 0.5) is 11.6 Å². The van der Waals surface area contributed by atoms with Gasteiger partial charge < -0.3 is 15.7 Å². The molecule has 2 fully saturated rings. The van der Waals surface area contributed by atoms with Gasteiger partial charge >= 0.3 is 0 Å². The molecule has 5 nitrogen and oxygen atoms in total.